The molecule has 4 N–H and O–H groups in total. The zero-order valence-electron chi connectivity index (χ0n) is 30.5. The van der Waals surface area contributed by atoms with Gasteiger partial charge in [-0.25, -0.2) is 19.2 Å². The maximum Gasteiger partial charge on any atom is 0.335 e. The van der Waals surface area contributed by atoms with E-state index in [1.165, 1.54) is 24.3 Å². The summed E-state index contributed by atoms with van der Waals surface area (Å²) in [5, 5.41) is 35.3. The van der Waals surface area contributed by atoms with Crippen LogP contribution < -0.4 is 0 Å². The van der Waals surface area contributed by atoms with E-state index in [9.17, 15) is 28.8 Å². The number of carbonyl (C=O) groups excluding carboxylic acids is 2. The molecular weight excluding hydrogens is 656 g/mol. The van der Waals surface area contributed by atoms with Gasteiger partial charge in [0, 0.05) is 37.3 Å². The lowest BCUT2D eigenvalue weighted by molar-refractivity contribution is 0.0679. The number of carboxylic acid groups (broad SMARTS) is 4. The fraction of sp³-hybridized carbons (Fsp3) is 0.385. The van der Waals surface area contributed by atoms with Gasteiger partial charge in [0.25, 0.3) is 11.8 Å². The molecular formula is C39H50N2O10. The Morgan fingerprint density at radius 2 is 0.588 bits per heavy atom. The molecule has 12 nitrogen and oxygen atoms in total. The zero-order valence-corrected chi connectivity index (χ0v) is 30.5. The summed E-state index contributed by atoms with van der Waals surface area (Å²) in [4.78, 5) is 71.4. The molecule has 51 heavy (non-hydrogen) atoms. The Kier molecular flexibility index (Phi) is 18.4. The predicted molar refractivity (Wildman–Crippen MR) is 194 cm³/mol. The highest BCUT2D eigenvalue weighted by molar-refractivity contribution is 5.99. The Morgan fingerprint density at radius 1 is 0.392 bits per heavy atom. The number of aryl methyl sites for hydroxylation is 3. The van der Waals surface area contributed by atoms with Gasteiger partial charge in [-0.2, -0.15) is 0 Å². The Bertz CT molecular complexity index is 1570. The summed E-state index contributed by atoms with van der Waals surface area (Å²) in [6.07, 6.45) is 3.57. The first-order valence-corrected chi connectivity index (χ1v) is 16.9. The number of amides is 2. The highest BCUT2D eigenvalue weighted by Crippen LogP contribution is 2.15. The number of carbonyl (C=O) groups is 6. The molecule has 0 saturated heterocycles. The quantitative estimate of drug-likeness (QED) is 0.132. The maximum atomic E-state index is 12.4. The largest absolute Gasteiger partial charge is 0.478 e. The fourth-order valence-electron chi connectivity index (χ4n) is 5.16. The zero-order chi connectivity index (χ0) is 38.8. The second kappa shape index (κ2) is 21.5. The Morgan fingerprint density at radius 3 is 0.784 bits per heavy atom. The molecule has 0 fully saturated rings. The topological polar surface area (TPSA) is 190 Å². The molecule has 0 unspecified atom stereocenters. The van der Waals surface area contributed by atoms with E-state index < -0.39 is 23.9 Å². The van der Waals surface area contributed by atoms with Gasteiger partial charge in [0.2, 0.25) is 0 Å². The number of hydrogen-bond acceptors (Lipinski definition) is 6. The van der Waals surface area contributed by atoms with Gasteiger partial charge in [0.1, 0.15) is 0 Å². The average molecular weight is 707 g/mol. The minimum absolute atomic E-state index is 0.00241. The molecule has 0 aliphatic carbocycles. The normalized spacial score (nSPS) is 10.1. The van der Waals surface area contributed by atoms with Crippen molar-refractivity contribution in [3.63, 3.8) is 0 Å². The molecule has 0 aliphatic rings. The van der Waals surface area contributed by atoms with Crippen LogP contribution in [0.5, 0.6) is 0 Å². The number of rotatable bonds is 14. The Hall–Kier alpha value is -5.52. The van der Waals surface area contributed by atoms with Crippen LogP contribution in [0.2, 0.25) is 0 Å². The third-order valence-corrected chi connectivity index (χ3v) is 7.26. The molecule has 3 aromatic carbocycles. The molecule has 0 atom stereocenters. The first-order valence-electron chi connectivity index (χ1n) is 16.9. The molecule has 12 heteroatoms. The van der Waals surface area contributed by atoms with E-state index in [0.717, 1.165) is 42.9 Å². The van der Waals surface area contributed by atoms with Gasteiger partial charge in [-0.05, 0) is 118 Å². The van der Waals surface area contributed by atoms with E-state index in [-0.39, 0.29) is 34.1 Å². The molecule has 276 valence electrons. The van der Waals surface area contributed by atoms with Gasteiger partial charge in [-0.1, -0.05) is 27.7 Å². The molecule has 0 saturated carbocycles. The Balaban J connectivity index is 0.000000390. The van der Waals surface area contributed by atoms with Crippen molar-refractivity contribution in [2.45, 2.75) is 74.1 Å². The Labute approximate surface area is 299 Å². The van der Waals surface area contributed by atoms with Crippen molar-refractivity contribution in [3.8, 4) is 0 Å². The summed E-state index contributed by atoms with van der Waals surface area (Å²) in [5.74, 6) is -4.42. The number of carboxylic acids is 4. The highest BCUT2D eigenvalue weighted by atomic mass is 16.4. The number of aromatic carboxylic acids is 4. The van der Waals surface area contributed by atoms with Crippen LogP contribution in [0.15, 0.2) is 54.6 Å². The van der Waals surface area contributed by atoms with E-state index in [4.69, 9.17) is 20.4 Å². The molecule has 0 aromatic heterocycles. The minimum atomic E-state index is -1.12. The first-order chi connectivity index (χ1) is 24.0. The van der Waals surface area contributed by atoms with E-state index in [1.807, 2.05) is 27.7 Å². The van der Waals surface area contributed by atoms with E-state index >= 15 is 0 Å². The van der Waals surface area contributed by atoms with Gasteiger partial charge in [-0.15, -0.1) is 0 Å². The lowest BCUT2D eigenvalue weighted by Crippen LogP contribution is -2.32. The average Bonchev–Trinajstić information content (AvgIpc) is 3.07. The summed E-state index contributed by atoms with van der Waals surface area (Å²) in [5.41, 5.74) is 3.44. The fourth-order valence-corrected chi connectivity index (χ4v) is 5.16. The standard InChI is InChI=1S/2C15H21NO3.C9H8O4/c2*1-4-6-16(7-5-2)14(17)12-8-11(3)9-13(10-12)15(18)19;1-5-2-6(8(10)11)4-7(3-5)9(12)13/h2*8-10H,4-7H2,1-3H3,(H,18,19);2-4H,1H3,(H,10,11)(H,12,13). The third-order valence-electron chi connectivity index (χ3n) is 7.26. The van der Waals surface area contributed by atoms with Gasteiger partial charge in [-0.3, -0.25) is 9.59 Å². The maximum absolute atomic E-state index is 12.4. The summed E-state index contributed by atoms with van der Waals surface area (Å²) in [6.45, 7) is 16.1. The summed E-state index contributed by atoms with van der Waals surface area (Å²) >= 11 is 0. The van der Waals surface area contributed by atoms with Gasteiger partial charge in [0.05, 0.1) is 22.3 Å². The molecule has 0 radical (unpaired) electrons. The number of hydrogen-bond donors (Lipinski definition) is 4. The second-order valence-electron chi connectivity index (χ2n) is 12.1. The van der Waals surface area contributed by atoms with E-state index in [2.05, 4.69) is 0 Å². The van der Waals surface area contributed by atoms with Gasteiger partial charge >= 0.3 is 23.9 Å². The van der Waals surface area contributed by atoms with Crippen molar-refractivity contribution in [1.82, 2.24) is 9.80 Å². The molecule has 0 bridgehead atoms. The van der Waals surface area contributed by atoms with Crippen molar-refractivity contribution >= 4 is 35.7 Å². The molecule has 3 aromatic rings. The van der Waals surface area contributed by atoms with Crippen LogP contribution in [0.3, 0.4) is 0 Å². The summed E-state index contributed by atoms with van der Waals surface area (Å²) in [7, 11) is 0. The summed E-state index contributed by atoms with van der Waals surface area (Å²) in [6, 6.07) is 13.5. The molecule has 2 amide bonds. The molecule has 0 spiro atoms. The van der Waals surface area contributed by atoms with Crippen LogP contribution in [0.4, 0.5) is 0 Å². The molecule has 0 aliphatic heterocycles. The summed E-state index contributed by atoms with van der Waals surface area (Å²) < 4.78 is 0. The first kappa shape index (κ1) is 43.5. The van der Waals surface area contributed by atoms with Crippen LogP contribution in [0, 0.1) is 20.8 Å². The van der Waals surface area contributed by atoms with Gasteiger partial charge < -0.3 is 30.2 Å². The SMILES string of the molecule is CCCN(CCC)C(=O)c1cc(C)cc(C(=O)O)c1.CCCN(CCC)C(=O)c1cc(C)cc(C(=O)O)c1.Cc1cc(C(=O)O)cc(C(=O)O)c1. The van der Waals surface area contributed by atoms with E-state index in [1.54, 1.807) is 54.8 Å². The van der Waals surface area contributed by atoms with Crippen LogP contribution in [-0.4, -0.2) is 92.1 Å². The van der Waals surface area contributed by atoms with Crippen molar-refractivity contribution in [3.05, 3.63) is 105 Å². The molecule has 3 rings (SSSR count). The van der Waals surface area contributed by atoms with Crippen LogP contribution in [-0.2, 0) is 0 Å². The number of benzene rings is 3. The van der Waals surface area contributed by atoms with E-state index in [0.29, 0.717) is 42.9 Å². The van der Waals surface area contributed by atoms with Crippen LogP contribution >= 0.6 is 0 Å². The predicted octanol–water partition coefficient (Wildman–Crippen LogP) is 7.30. The van der Waals surface area contributed by atoms with Crippen molar-refractivity contribution in [1.29, 1.82) is 0 Å². The van der Waals surface area contributed by atoms with Crippen molar-refractivity contribution < 1.29 is 49.2 Å². The monoisotopic (exact) mass is 706 g/mol. The van der Waals surface area contributed by atoms with Crippen molar-refractivity contribution in [2.75, 3.05) is 26.2 Å². The minimum Gasteiger partial charge on any atom is -0.478 e. The third kappa shape index (κ3) is 14.5. The molecule has 0 heterocycles. The number of nitrogens with zero attached hydrogens (tertiary/aromatic N) is 2. The lowest BCUT2D eigenvalue weighted by Gasteiger charge is -2.21. The van der Waals surface area contributed by atoms with Crippen LogP contribution in [0.1, 0.15) is 132 Å². The van der Waals surface area contributed by atoms with Gasteiger partial charge in [0.15, 0.2) is 0 Å². The second-order valence-corrected chi connectivity index (χ2v) is 12.1. The highest BCUT2D eigenvalue weighted by Gasteiger charge is 2.18. The van der Waals surface area contributed by atoms with Crippen LogP contribution in [0.25, 0.3) is 0 Å². The van der Waals surface area contributed by atoms with Crippen molar-refractivity contribution in [2.24, 2.45) is 0 Å². The smallest absolute Gasteiger partial charge is 0.335 e. The lowest BCUT2D eigenvalue weighted by atomic mass is 10.1.